The summed E-state index contributed by atoms with van der Waals surface area (Å²) in [5.41, 5.74) is 7.67. The van der Waals surface area contributed by atoms with Gasteiger partial charge in [0.15, 0.2) is 5.71 Å². The Hall–Kier alpha value is -1.69. The van der Waals surface area contributed by atoms with Crippen LogP contribution in [-0.2, 0) is 10.8 Å². The molecule has 0 aliphatic carbocycles. The molecule has 0 bridgehead atoms. The van der Waals surface area contributed by atoms with E-state index in [1.165, 1.54) is 33.9 Å². The number of hydrogen-bond acceptors (Lipinski definition) is 1. The third kappa shape index (κ3) is 4.47. The van der Waals surface area contributed by atoms with Crippen molar-refractivity contribution in [3.63, 3.8) is 0 Å². The van der Waals surface area contributed by atoms with Crippen molar-refractivity contribution in [1.82, 2.24) is 0 Å². The Bertz CT molecular complexity index is 1310. The van der Waals surface area contributed by atoms with Crippen LogP contribution in [0.1, 0.15) is 38.8 Å². The van der Waals surface area contributed by atoms with Gasteiger partial charge in [0.2, 0.25) is 5.69 Å². The number of anilines is 1. The topological polar surface area (TPSA) is 6.25 Å². The Balaban J connectivity index is 1.52. The highest BCUT2D eigenvalue weighted by atomic mass is 79.9. The number of rotatable bonds is 4. The molecule has 2 aliphatic heterocycles. The van der Waals surface area contributed by atoms with E-state index < -0.39 is 0 Å². The molecule has 2 aromatic rings. The lowest BCUT2D eigenvalue weighted by Gasteiger charge is -2.23. The van der Waals surface area contributed by atoms with Gasteiger partial charge >= 0.3 is 0 Å². The first-order chi connectivity index (χ1) is 15.9. The standard InChI is InChI=1S/C29H30Br3N2/c1-28(2)22-17-20(31)13-15-24(22)33(5)26(28)11-7-9-19(30)10-8-12-27-29(3,4)23-18-21(32)14-16-25(23)34(27)6/h7-18H,1-6H3/q+1. The quantitative estimate of drug-likeness (QED) is 0.238. The molecule has 0 aromatic heterocycles. The molecule has 2 aromatic carbocycles. The summed E-state index contributed by atoms with van der Waals surface area (Å²) < 4.78 is 5.55. The molecule has 0 saturated heterocycles. The van der Waals surface area contributed by atoms with Crippen molar-refractivity contribution < 1.29 is 4.58 Å². The molecule has 2 heterocycles. The fourth-order valence-electron chi connectivity index (χ4n) is 5.13. The first-order valence-electron chi connectivity index (χ1n) is 11.3. The number of hydrogen-bond donors (Lipinski definition) is 0. The second kappa shape index (κ2) is 9.40. The van der Waals surface area contributed by atoms with E-state index in [0.717, 1.165) is 13.4 Å². The maximum Gasteiger partial charge on any atom is 0.209 e. The third-order valence-corrected chi connectivity index (χ3v) is 8.52. The summed E-state index contributed by atoms with van der Waals surface area (Å²) in [4.78, 5) is 2.29. The van der Waals surface area contributed by atoms with E-state index in [2.05, 4.69) is 172 Å². The molecule has 34 heavy (non-hydrogen) atoms. The molecule has 0 amide bonds. The molecule has 0 N–H and O–H groups in total. The second-order valence-electron chi connectivity index (χ2n) is 9.90. The minimum absolute atomic E-state index is 0.0480. The van der Waals surface area contributed by atoms with Crippen LogP contribution in [0.25, 0.3) is 0 Å². The van der Waals surface area contributed by atoms with Crippen molar-refractivity contribution in [3.05, 3.63) is 103 Å². The number of benzene rings is 2. The Kier molecular flexibility index (Phi) is 7.03. The van der Waals surface area contributed by atoms with Gasteiger partial charge in [-0.05, 0) is 68.0 Å². The predicted octanol–water partition coefficient (Wildman–Crippen LogP) is 8.92. The first kappa shape index (κ1) is 25.4. The van der Waals surface area contributed by atoms with Crippen molar-refractivity contribution in [2.45, 2.75) is 38.5 Å². The van der Waals surface area contributed by atoms with E-state index in [4.69, 9.17) is 0 Å². The van der Waals surface area contributed by atoms with E-state index in [0.29, 0.717) is 0 Å². The Morgan fingerprint density at radius 1 is 0.912 bits per heavy atom. The van der Waals surface area contributed by atoms with E-state index in [1.54, 1.807) is 0 Å². The number of likely N-dealkylation sites (N-methyl/N-ethyl adjacent to an activating group) is 1. The van der Waals surface area contributed by atoms with Crippen LogP contribution in [0.3, 0.4) is 0 Å². The van der Waals surface area contributed by atoms with Gasteiger partial charge in [-0.3, -0.25) is 0 Å². The first-order valence-corrected chi connectivity index (χ1v) is 13.7. The molecule has 0 atom stereocenters. The Labute approximate surface area is 228 Å². The van der Waals surface area contributed by atoms with E-state index in [1.807, 2.05) is 0 Å². The van der Waals surface area contributed by atoms with Gasteiger partial charge in [-0.25, -0.2) is 0 Å². The summed E-state index contributed by atoms with van der Waals surface area (Å²) in [6.45, 7) is 9.12. The number of allylic oxidation sites excluding steroid dienone is 8. The van der Waals surface area contributed by atoms with Crippen LogP contribution in [0.15, 0.2) is 92.0 Å². The maximum absolute atomic E-state index is 3.70. The van der Waals surface area contributed by atoms with E-state index >= 15 is 0 Å². The molecular weight excluding hydrogens is 616 g/mol. The molecule has 5 heteroatoms. The van der Waals surface area contributed by atoms with Crippen molar-refractivity contribution in [2.75, 3.05) is 19.0 Å². The van der Waals surface area contributed by atoms with Gasteiger partial charge in [-0.1, -0.05) is 73.8 Å². The zero-order valence-corrected chi connectivity index (χ0v) is 25.2. The smallest absolute Gasteiger partial charge is 0.209 e. The lowest BCUT2D eigenvalue weighted by Crippen LogP contribution is -2.26. The van der Waals surface area contributed by atoms with Gasteiger partial charge < -0.3 is 4.90 Å². The van der Waals surface area contributed by atoms with Crippen LogP contribution < -0.4 is 4.90 Å². The van der Waals surface area contributed by atoms with Crippen LogP contribution in [0, 0.1) is 0 Å². The normalized spacial score (nSPS) is 20.2. The van der Waals surface area contributed by atoms with Gasteiger partial charge in [-0.15, -0.1) is 0 Å². The van der Waals surface area contributed by atoms with E-state index in [9.17, 15) is 0 Å². The van der Waals surface area contributed by atoms with Gasteiger partial charge in [0.1, 0.15) is 7.05 Å². The molecule has 0 saturated carbocycles. The average molecular weight is 646 g/mol. The maximum atomic E-state index is 3.70. The van der Waals surface area contributed by atoms with Gasteiger partial charge in [0.25, 0.3) is 0 Å². The number of nitrogens with zero attached hydrogens (tertiary/aromatic N) is 2. The molecule has 2 nitrogen and oxygen atoms in total. The molecule has 0 unspecified atom stereocenters. The number of fused-ring (bicyclic) bond motifs is 2. The van der Waals surface area contributed by atoms with Crippen LogP contribution in [0.2, 0.25) is 0 Å². The number of halogens is 3. The molecule has 0 radical (unpaired) electrons. The molecule has 176 valence electrons. The average Bonchev–Trinajstić information content (AvgIpc) is 3.07. The molecule has 0 fully saturated rings. The fourth-order valence-corrected chi connectivity index (χ4v) is 6.16. The van der Waals surface area contributed by atoms with Gasteiger partial charge in [0.05, 0.1) is 5.41 Å². The van der Waals surface area contributed by atoms with Gasteiger partial charge in [0, 0.05) is 55.0 Å². The van der Waals surface area contributed by atoms with Crippen molar-refractivity contribution in [2.24, 2.45) is 0 Å². The molecule has 2 aliphatic rings. The Morgan fingerprint density at radius 2 is 1.56 bits per heavy atom. The highest BCUT2D eigenvalue weighted by Crippen LogP contribution is 2.47. The summed E-state index contributed by atoms with van der Waals surface area (Å²) in [5.74, 6) is 0. The minimum Gasteiger partial charge on any atom is -0.347 e. The minimum atomic E-state index is -0.0480. The third-order valence-electron chi connectivity index (χ3n) is 7.01. The zero-order valence-electron chi connectivity index (χ0n) is 20.5. The van der Waals surface area contributed by atoms with Gasteiger partial charge in [-0.2, -0.15) is 4.58 Å². The highest BCUT2D eigenvalue weighted by molar-refractivity contribution is 9.12. The van der Waals surface area contributed by atoms with Crippen LogP contribution in [0.5, 0.6) is 0 Å². The van der Waals surface area contributed by atoms with Crippen molar-refractivity contribution in [3.8, 4) is 0 Å². The van der Waals surface area contributed by atoms with Crippen LogP contribution >= 0.6 is 47.8 Å². The summed E-state index contributed by atoms with van der Waals surface area (Å²) in [5, 5.41) is 0. The predicted molar refractivity (Wildman–Crippen MR) is 157 cm³/mol. The van der Waals surface area contributed by atoms with Crippen LogP contribution in [-0.4, -0.2) is 24.4 Å². The largest absolute Gasteiger partial charge is 0.347 e. The summed E-state index contributed by atoms with van der Waals surface area (Å²) in [6, 6.07) is 13.0. The molecule has 4 rings (SSSR count). The fraction of sp³-hybridized carbons (Fsp3) is 0.276. The zero-order chi connectivity index (χ0) is 24.8. The summed E-state index contributed by atoms with van der Waals surface area (Å²) in [7, 11) is 4.28. The van der Waals surface area contributed by atoms with Crippen LogP contribution in [0.4, 0.5) is 11.4 Å². The highest BCUT2D eigenvalue weighted by Gasteiger charge is 2.43. The lowest BCUT2D eigenvalue weighted by atomic mass is 9.81. The van der Waals surface area contributed by atoms with E-state index in [-0.39, 0.29) is 10.8 Å². The SMILES string of the molecule is CN1/C(=C/C=C/C(Br)=C/C=C/C2=[N+](C)c3ccc(Br)cc3C2(C)C)C(C)(C)c2cc(Br)ccc21. The lowest BCUT2D eigenvalue weighted by molar-refractivity contribution is -0.401. The molecular formula is C29H30Br3N2+. The van der Waals surface area contributed by atoms with Crippen molar-refractivity contribution in [1.29, 1.82) is 0 Å². The Morgan fingerprint density at radius 3 is 2.26 bits per heavy atom. The second-order valence-corrected chi connectivity index (χ2v) is 12.6. The summed E-state index contributed by atoms with van der Waals surface area (Å²) in [6.07, 6.45) is 12.9. The van der Waals surface area contributed by atoms with Crippen molar-refractivity contribution >= 4 is 64.9 Å². The molecule has 0 spiro atoms. The monoisotopic (exact) mass is 643 g/mol. The summed E-state index contributed by atoms with van der Waals surface area (Å²) >= 11 is 10.9.